The first kappa shape index (κ1) is 41.9. The van der Waals surface area contributed by atoms with E-state index in [1.807, 2.05) is 26.0 Å². The van der Waals surface area contributed by atoms with E-state index in [0.717, 1.165) is 34.8 Å². The summed E-state index contributed by atoms with van der Waals surface area (Å²) in [5.74, 6) is 0.760. The van der Waals surface area contributed by atoms with Crippen LogP contribution < -0.4 is 22.9 Å². The molecule has 4 aromatic carbocycles. The smallest absolute Gasteiger partial charge is 0.346 e. The number of hydrogen-bond donors (Lipinski definition) is 6. The van der Waals surface area contributed by atoms with E-state index in [-0.39, 0.29) is 39.2 Å². The van der Waals surface area contributed by atoms with Crippen molar-refractivity contribution in [3.05, 3.63) is 106 Å². The Balaban J connectivity index is 0.000000148. The fraction of sp³-hybridized carbons (Fsp3) is 0.391. The molecule has 0 amide bonds. The van der Waals surface area contributed by atoms with Gasteiger partial charge in [0.15, 0.2) is 0 Å². The average Bonchev–Trinajstić information content (AvgIpc) is 3.64. The normalized spacial score (nSPS) is 23.7. The van der Waals surface area contributed by atoms with Crippen molar-refractivity contribution in [1.82, 2.24) is 0 Å². The minimum Gasteiger partial charge on any atom is -0.506 e. The molecule has 10 N–H and O–H groups in total. The van der Waals surface area contributed by atoms with Gasteiger partial charge >= 0.3 is 23.9 Å². The molecule has 2 heterocycles. The van der Waals surface area contributed by atoms with Crippen LogP contribution in [-0.4, -0.2) is 46.2 Å². The van der Waals surface area contributed by atoms with E-state index in [9.17, 15) is 29.4 Å². The maximum absolute atomic E-state index is 11.6. The summed E-state index contributed by atoms with van der Waals surface area (Å²) < 4.78 is 9.06. The second-order valence-electron chi connectivity index (χ2n) is 16.9. The number of ether oxygens (including phenoxy) is 2. The Hall–Kier alpha value is -5.72. The Morgan fingerprint density at radius 2 is 0.948 bits per heavy atom. The molecule has 12 nitrogen and oxygen atoms in total. The molecular weight excluding hydrogens is 737 g/mol. The van der Waals surface area contributed by atoms with Crippen LogP contribution >= 0.6 is 0 Å². The van der Waals surface area contributed by atoms with Gasteiger partial charge in [-0.3, -0.25) is 0 Å². The highest BCUT2D eigenvalue weighted by Crippen LogP contribution is 2.39. The maximum atomic E-state index is 11.6. The average molecular weight is 791 g/mol. The number of phenolic OH excluding ortho intramolecular Hbond substituents is 2. The number of nitrogens with two attached hydrogens (primary N) is 4. The second kappa shape index (κ2) is 17.0. The number of anilines is 2. The van der Waals surface area contributed by atoms with Crippen molar-refractivity contribution in [3.8, 4) is 22.6 Å². The Morgan fingerprint density at radius 1 is 0.569 bits per heavy atom. The molecule has 0 radical (unpaired) electrons. The van der Waals surface area contributed by atoms with E-state index in [0.29, 0.717) is 34.6 Å². The van der Waals surface area contributed by atoms with Gasteiger partial charge in [-0.1, -0.05) is 52.0 Å². The molecule has 2 aliphatic heterocycles. The van der Waals surface area contributed by atoms with Gasteiger partial charge in [-0.15, -0.1) is 0 Å². The molecule has 4 aliphatic rings. The molecule has 0 bridgehead atoms. The zero-order chi connectivity index (χ0) is 42.1. The van der Waals surface area contributed by atoms with Crippen LogP contribution in [0.3, 0.4) is 0 Å². The van der Waals surface area contributed by atoms with Gasteiger partial charge in [0.25, 0.3) is 0 Å². The van der Waals surface area contributed by atoms with Crippen LogP contribution in [-0.2, 0) is 14.9 Å². The van der Waals surface area contributed by atoms with Gasteiger partial charge in [0, 0.05) is 17.5 Å². The van der Waals surface area contributed by atoms with Crippen LogP contribution in [0.25, 0.3) is 11.1 Å². The first-order chi connectivity index (χ1) is 27.4. The number of nitrogen functional groups attached to an aromatic ring is 2. The molecule has 6 unspecified atom stereocenters. The number of benzene rings is 4. The number of phenols is 2. The number of fused-ring (bicyclic) bond motifs is 2. The predicted octanol–water partition coefficient (Wildman–Crippen LogP) is 7.47. The predicted molar refractivity (Wildman–Crippen MR) is 222 cm³/mol. The highest BCUT2D eigenvalue weighted by atomic mass is 16.6. The Morgan fingerprint density at radius 3 is 1.31 bits per heavy atom. The van der Waals surface area contributed by atoms with E-state index in [2.05, 4.69) is 23.3 Å². The SMILES string of the molecule is CC(C)(c1ccc(O)c(N)c1)c1ccc(O)c(N)c1.CC1CC(CC2CCC(N)C(C)C2)CCC1N.O=C1OC(=O)c2cc(-c3ccc4c(c3)C(=O)OC4=O)ccc21. The minimum atomic E-state index is -0.697. The highest BCUT2D eigenvalue weighted by molar-refractivity contribution is 6.16. The summed E-state index contributed by atoms with van der Waals surface area (Å²) in [4.78, 5) is 46.0. The number of esters is 4. The molecule has 306 valence electrons. The third kappa shape index (κ3) is 9.03. The largest absolute Gasteiger partial charge is 0.506 e. The van der Waals surface area contributed by atoms with Gasteiger partial charge in [-0.05, 0) is 139 Å². The van der Waals surface area contributed by atoms with Crippen LogP contribution in [0.2, 0.25) is 0 Å². The molecule has 0 saturated heterocycles. The van der Waals surface area contributed by atoms with E-state index >= 15 is 0 Å². The van der Waals surface area contributed by atoms with Crippen LogP contribution in [0.1, 0.15) is 125 Å². The van der Waals surface area contributed by atoms with Gasteiger partial charge in [0.05, 0.1) is 33.6 Å². The summed E-state index contributed by atoms with van der Waals surface area (Å²) in [6.45, 7) is 8.72. The first-order valence-corrected chi connectivity index (χ1v) is 19.9. The molecule has 2 saturated carbocycles. The molecule has 0 aromatic heterocycles. The van der Waals surface area contributed by atoms with Crippen molar-refractivity contribution in [3.63, 3.8) is 0 Å². The van der Waals surface area contributed by atoms with E-state index in [4.69, 9.17) is 22.9 Å². The van der Waals surface area contributed by atoms with Crippen LogP contribution in [0.5, 0.6) is 11.5 Å². The molecule has 2 aliphatic carbocycles. The molecular formula is C46H54N4O8. The second-order valence-corrected chi connectivity index (χ2v) is 16.9. The third-order valence-electron chi connectivity index (χ3n) is 12.5. The van der Waals surface area contributed by atoms with Crippen molar-refractivity contribution in [1.29, 1.82) is 0 Å². The van der Waals surface area contributed by atoms with E-state index in [1.165, 1.54) is 69.2 Å². The van der Waals surface area contributed by atoms with E-state index < -0.39 is 23.9 Å². The van der Waals surface area contributed by atoms with Gasteiger partial charge in [-0.25, -0.2) is 19.2 Å². The standard InChI is InChI=1S/C16H6O6.C15H18N2O2.C15H30N2/c17-13-9-3-1-7(5-11(9)15(19)21-13)8-2-4-10-12(6-8)16(20)22-14(10)18;1-15(2,9-3-5-13(18)11(16)7-9)10-4-6-14(19)12(17)8-10;1-10-7-12(3-5-14(10)16)9-13-4-6-15(17)11(2)8-13/h1-6H;3-8,18-19H,16-17H2,1-2H3;10-15H,3-9,16-17H2,1-2H3. The monoisotopic (exact) mass is 790 g/mol. The zero-order valence-electron chi connectivity index (χ0n) is 33.5. The lowest BCUT2D eigenvalue weighted by molar-refractivity contribution is 0.0425. The third-order valence-corrected chi connectivity index (χ3v) is 12.5. The van der Waals surface area contributed by atoms with Crippen molar-refractivity contribution < 1.29 is 38.9 Å². The van der Waals surface area contributed by atoms with Gasteiger partial charge in [0.2, 0.25) is 0 Å². The number of carbonyl (C=O) groups excluding carboxylic acids is 4. The fourth-order valence-corrected chi connectivity index (χ4v) is 8.54. The lowest BCUT2D eigenvalue weighted by atomic mass is 9.71. The van der Waals surface area contributed by atoms with Crippen LogP contribution in [0, 0.1) is 23.7 Å². The number of hydrogen-bond acceptors (Lipinski definition) is 12. The van der Waals surface area contributed by atoms with Crippen molar-refractivity contribution >= 4 is 35.3 Å². The number of carbonyl (C=O) groups is 4. The minimum absolute atomic E-state index is 0.0739. The van der Waals surface area contributed by atoms with Crippen molar-refractivity contribution in [2.24, 2.45) is 35.1 Å². The topological polar surface area (TPSA) is 231 Å². The fourth-order valence-electron chi connectivity index (χ4n) is 8.54. The number of cyclic esters (lactones) is 4. The molecule has 0 spiro atoms. The van der Waals surface area contributed by atoms with Crippen LogP contribution in [0.4, 0.5) is 11.4 Å². The zero-order valence-corrected chi connectivity index (χ0v) is 33.5. The molecule has 58 heavy (non-hydrogen) atoms. The Bertz CT molecular complexity index is 2080. The van der Waals surface area contributed by atoms with Crippen molar-refractivity contribution in [2.45, 2.75) is 90.1 Å². The molecule has 2 fully saturated rings. The first-order valence-electron chi connectivity index (χ1n) is 19.9. The Labute approximate surface area is 338 Å². The molecule has 4 aromatic rings. The lowest BCUT2D eigenvalue weighted by Crippen LogP contribution is -2.37. The molecule has 6 atom stereocenters. The van der Waals surface area contributed by atoms with E-state index in [1.54, 1.807) is 36.4 Å². The summed E-state index contributed by atoms with van der Waals surface area (Å²) in [6.07, 6.45) is 9.37. The highest BCUT2D eigenvalue weighted by Gasteiger charge is 2.33. The number of rotatable bonds is 5. The summed E-state index contributed by atoms with van der Waals surface area (Å²) in [5.41, 5.74) is 28.0. The van der Waals surface area contributed by atoms with Gasteiger partial charge in [0.1, 0.15) is 11.5 Å². The summed E-state index contributed by atoms with van der Waals surface area (Å²) in [7, 11) is 0. The molecule has 12 heteroatoms. The lowest BCUT2D eigenvalue weighted by Gasteiger charge is -2.37. The summed E-state index contributed by atoms with van der Waals surface area (Å²) in [6, 6.07) is 20.6. The summed E-state index contributed by atoms with van der Waals surface area (Å²) in [5, 5.41) is 19.0. The maximum Gasteiger partial charge on any atom is 0.346 e. The molecule has 8 rings (SSSR count). The van der Waals surface area contributed by atoms with Gasteiger partial charge in [-0.2, -0.15) is 0 Å². The van der Waals surface area contributed by atoms with Crippen LogP contribution in [0.15, 0.2) is 72.8 Å². The Kier molecular flexibility index (Phi) is 12.3. The van der Waals surface area contributed by atoms with Gasteiger partial charge < -0.3 is 42.6 Å². The quantitative estimate of drug-likeness (QED) is 0.0500. The van der Waals surface area contributed by atoms with Crippen molar-refractivity contribution in [2.75, 3.05) is 11.5 Å². The number of aromatic hydroxyl groups is 2. The summed E-state index contributed by atoms with van der Waals surface area (Å²) >= 11 is 0.